The summed E-state index contributed by atoms with van der Waals surface area (Å²) in [6, 6.07) is 5.80. The van der Waals surface area contributed by atoms with E-state index in [4.69, 9.17) is 0 Å². The molecule has 1 saturated heterocycles. The van der Waals surface area contributed by atoms with Crippen LogP contribution in [0.15, 0.2) is 34.1 Å². The van der Waals surface area contributed by atoms with Gasteiger partial charge in [0.1, 0.15) is 0 Å². The summed E-state index contributed by atoms with van der Waals surface area (Å²) in [5.74, 6) is 0.449. The molecule has 0 aromatic heterocycles. The van der Waals surface area contributed by atoms with Gasteiger partial charge in [0.2, 0.25) is 10.0 Å². The molecule has 7 heteroatoms. The molecular formula is C16H23NO4S2. The SMILES string of the molecule is CS(=O)(=O)c1cccc(S(=O)(=O)N2CCCC3CCCCC32)c1. The van der Waals surface area contributed by atoms with Crippen molar-refractivity contribution in [2.45, 2.75) is 54.4 Å². The van der Waals surface area contributed by atoms with Crippen LogP contribution in [0.4, 0.5) is 0 Å². The number of benzene rings is 1. The van der Waals surface area contributed by atoms with Gasteiger partial charge in [0.05, 0.1) is 9.79 Å². The van der Waals surface area contributed by atoms with Crippen LogP contribution in [0.1, 0.15) is 38.5 Å². The molecule has 128 valence electrons. The van der Waals surface area contributed by atoms with Gasteiger partial charge in [0, 0.05) is 18.8 Å². The second-order valence-electron chi connectivity index (χ2n) is 6.62. The highest BCUT2D eigenvalue weighted by atomic mass is 32.2. The van der Waals surface area contributed by atoms with E-state index in [1.165, 1.54) is 30.7 Å². The van der Waals surface area contributed by atoms with Crippen molar-refractivity contribution in [2.24, 2.45) is 5.92 Å². The molecule has 2 atom stereocenters. The van der Waals surface area contributed by atoms with E-state index in [9.17, 15) is 16.8 Å². The van der Waals surface area contributed by atoms with Gasteiger partial charge in [-0.2, -0.15) is 4.31 Å². The Hall–Kier alpha value is -0.920. The lowest BCUT2D eigenvalue weighted by Gasteiger charge is -2.43. The van der Waals surface area contributed by atoms with E-state index in [-0.39, 0.29) is 15.8 Å². The molecule has 1 aromatic rings. The first-order chi connectivity index (χ1) is 10.8. The molecule has 2 aliphatic rings. The normalized spacial score (nSPS) is 26.7. The minimum absolute atomic E-state index is 0.0516. The van der Waals surface area contributed by atoms with Crippen molar-refractivity contribution in [2.75, 3.05) is 12.8 Å². The molecule has 0 radical (unpaired) electrons. The maximum absolute atomic E-state index is 13.1. The summed E-state index contributed by atoms with van der Waals surface area (Å²) in [5.41, 5.74) is 0. The maximum atomic E-state index is 13.1. The molecule has 1 saturated carbocycles. The van der Waals surface area contributed by atoms with Crippen LogP contribution in [0.2, 0.25) is 0 Å². The van der Waals surface area contributed by atoms with Crippen molar-refractivity contribution in [1.29, 1.82) is 0 Å². The standard InChI is InChI=1S/C16H23NO4S2/c1-22(18,19)14-8-4-9-15(12-14)23(20,21)17-11-5-7-13-6-2-3-10-16(13)17/h4,8-9,12-13,16H,2-3,5-7,10-11H2,1H3. The van der Waals surface area contributed by atoms with Crippen LogP contribution in [0.25, 0.3) is 0 Å². The summed E-state index contributed by atoms with van der Waals surface area (Å²) in [7, 11) is -7.07. The van der Waals surface area contributed by atoms with Crippen LogP contribution in [-0.4, -0.2) is 40.0 Å². The number of hydrogen-bond donors (Lipinski definition) is 0. The average Bonchev–Trinajstić information content (AvgIpc) is 2.53. The molecule has 23 heavy (non-hydrogen) atoms. The van der Waals surface area contributed by atoms with Gasteiger partial charge in [-0.1, -0.05) is 18.9 Å². The van der Waals surface area contributed by atoms with Gasteiger partial charge in [0.15, 0.2) is 9.84 Å². The van der Waals surface area contributed by atoms with E-state index in [1.54, 1.807) is 4.31 Å². The molecule has 1 heterocycles. The van der Waals surface area contributed by atoms with Crippen LogP contribution >= 0.6 is 0 Å². The number of sulfone groups is 1. The van der Waals surface area contributed by atoms with Gasteiger partial charge < -0.3 is 0 Å². The van der Waals surface area contributed by atoms with E-state index >= 15 is 0 Å². The molecule has 0 bridgehead atoms. The maximum Gasteiger partial charge on any atom is 0.243 e. The largest absolute Gasteiger partial charge is 0.243 e. The van der Waals surface area contributed by atoms with Crippen LogP contribution in [-0.2, 0) is 19.9 Å². The first-order valence-electron chi connectivity index (χ1n) is 8.12. The molecule has 0 spiro atoms. The molecule has 2 fully saturated rings. The van der Waals surface area contributed by atoms with Gasteiger partial charge in [-0.05, 0) is 49.8 Å². The Morgan fingerprint density at radius 3 is 2.35 bits per heavy atom. The molecule has 1 aromatic carbocycles. The van der Waals surface area contributed by atoms with E-state index in [0.717, 1.165) is 38.4 Å². The summed E-state index contributed by atoms with van der Waals surface area (Å²) < 4.78 is 51.1. The second kappa shape index (κ2) is 6.18. The van der Waals surface area contributed by atoms with Gasteiger partial charge in [-0.15, -0.1) is 0 Å². The van der Waals surface area contributed by atoms with Crippen LogP contribution in [0, 0.1) is 5.92 Å². The topological polar surface area (TPSA) is 71.5 Å². The number of sulfonamides is 1. The zero-order valence-corrected chi connectivity index (χ0v) is 14.9. The third kappa shape index (κ3) is 3.32. The van der Waals surface area contributed by atoms with Gasteiger partial charge in [0.25, 0.3) is 0 Å². The lowest BCUT2D eigenvalue weighted by Crippen LogP contribution is -2.49. The highest BCUT2D eigenvalue weighted by Gasteiger charge is 2.40. The number of hydrogen-bond acceptors (Lipinski definition) is 4. The highest BCUT2D eigenvalue weighted by Crippen LogP contribution is 2.38. The van der Waals surface area contributed by atoms with Crippen LogP contribution < -0.4 is 0 Å². The predicted molar refractivity (Wildman–Crippen MR) is 88.4 cm³/mol. The molecule has 1 aliphatic heterocycles. The lowest BCUT2D eigenvalue weighted by molar-refractivity contribution is 0.129. The zero-order valence-electron chi connectivity index (χ0n) is 13.3. The second-order valence-corrected chi connectivity index (χ2v) is 10.5. The average molecular weight is 357 g/mol. The van der Waals surface area contributed by atoms with E-state index in [2.05, 4.69) is 0 Å². The van der Waals surface area contributed by atoms with Crippen molar-refractivity contribution >= 4 is 19.9 Å². The van der Waals surface area contributed by atoms with Gasteiger partial charge >= 0.3 is 0 Å². The Bertz CT molecular complexity index is 784. The minimum atomic E-state index is -3.65. The number of nitrogens with zero attached hydrogens (tertiary/aromatic N) is 1. The van der Waals surface area contributed by atoms with E-state index < -0.39 is 19.9 Å². The Morgan fingerprint density at radius 1 is 0.957 bits per heavy atom. The number of fused-ring (bicyclic) bond motifs is 1. The fourth-order valence-corrected chi connectivity index (χ4v) is 6.42. The quantitative estimate of drug-likeness (QED) is 0.833. The van der Waals surface area contributed by atoms with Crippen LogP contribution in [0.3, 0.4) is 0 Å². The van der Waals surface area contributed by atoms with Crippen molar-refractivity contribution in [3.63, 3.8) is 0 Å². The van der Waals surface area contributed by atoms with Crippen molar-refractivity contribution in [3.05, 3.63) is 24.3 Å². The van der Waals surface area contributed by atoms with Crippen molar-refractivity contribution in [3.8, 4) is 0 Å². The summed E-state index contributed by atoms with van der Waals surface area (Å²) >= 11 is 0. The molecule has 0 amide bonds. The lowest BCUT2D eigenvalue weighted by atomic mass is 9.79. The monoisotopic (exact) mass is 357 g/mol. The number of rotatable bonds is 3. The van der Waals surface area contributed by atoms with Crippen LogP contribution in [0.5, 0.6) is 0 Å². The summed E-state index contributed by atoms with van der Waals surface area (Å²) in [6.07, 6.45) is 7.33. The fraction of sp³-hybridized carbons (Fsp3) is 0.625. The Morgan fingerprint density at radius 2 is 1.61 bits per heavy atom. The molecule has 2 unspecified atom stereocenters. The Labute approximate surface area is 138 Å². The van der Waals surface area contributed by atoms with Crippen molar-refractivity contribution in [1.82, 2.24) is 4.31 Å². The van der Waals surface area contributed by atoms with E-state index in [0.29, 0.717) is 12.5 Å². The predicted octanol–water partition coefficient (Wildman–Crippen LogP) is 2.43. The third-order valence-electron chi connectivity index (χ3n) is 5.03. The fourth-order valence-electron chi connectivity index (χ4n) is 3.88. The first kappa shape index (κ1) is 16.9. The number of piperidine rings is 1. The van der Waals surface area contributed by atoms with Crippen molar-refractivity contribution < 1.29 is 16.8 Å². The molecule has 3 rings (SSSR count). The Kier molecular flexibility index (Phi) is 4.55. The molecule has 1 aliphatic carbocycles. The van der Waals surface area contributed by atoms with E-state index in [1.807, 2.05) is 0 Å². The third-order valence-corrected chi connectivity index (χ3v) is 8.06. The Balaban J connectivity index is 1.98. The molecule has 5 nitrogen and oxygen atoms in total. The zero-order chi connectivity index (χ0) is 16.7. The summed E-state index contributed by atoms with van der Waals surface area (Å²) in [5, 5.41) is 0. The molecular weight excluding hydrogens is 334 g/mol. The van der Waals surface area contributed by atoms with Gasteiger partial charge in [-0.25, -0.2) is 16.8 Å². The first-order valence-corrected chi connectivity index (χ1v) is 11.5. The highest BCUT2D eigenvalue weighted by molar-refractivity contribution is 7.91. The summed E-state index contributed by atoms with van der Waals surface area (Å²) in [6.45, 7) is 0.534. The minimum Gasteiger partial charge on any atom is -0.224 e. The summed E-state index contributed by atoms with van der Waals surface area (Å²) in [4.78, 5) is 0.141. The van der Waals surface area contributed by atoms with Gasteiger partial charge in [-0.3, -0.25) is 0 Å². The molecule has 0 N–H and O–H groups in total. The smallest absolute Gasteiger partial charge is 0.224 e.